The second kappa shape index (κ2) is 16.0. The Balaban J connectivity index is 0.000000804. The number of nitrogen functional groups attached to an aromatic ring is 1. The van der Waals surface area contributed by atoms with E-state index in [0.29, 0.717) is 40.9 Å². The third-order valence-electron chi connectivity index (χ3n) is 6.27. The number of sulfonamides is 1. The number of amides is 1. The molecule has 0 bridgehead atoms. The van der Waals surface area contributed by atoms with E-state index in [2.05, 4.69) is 20.3 Å². The second-order valence-electron chi connectivity index (χ2n) is 10.6. The molecule has 1 amide bonds. The van der Waals surface area contributed by atoms with Crippen molar-refractivity contribution in [2.45, 2.75) is 45.6 Å². The Hall–Kier alpha value is -5.25. The molecular formula is C32H36F3N5O7S. The molecule has 12 nitrogen and oxygen atoms in total. The van der Waals surface area contributed by atoms with Crippen LogP contribution in [-0.2, 0) is 26.2 Å². The van der Waals surface area contributed by atoms with E-state index in [1.807, 2.05) is 57.2 Å². The van der Waals surface area contributed by atoms with Gasteiger partial charge in [0.2, 0.25) is 15.9 Å². The van der Waals surface area contributed by atoms with Crippen molar-refractivity contribution >= 4 is 49.9 Å². The Morgan fingerprint density at radius 1 is 1.00 bits per heavy atom. The van der Waals surface area contributed by atoms with E-state index in [4.69, 9.17) is 25.1 Å². The maximum Gasteiger partial charge on any atom is 0.490 e. The van der Waals surface area contributed by atoms with Crippen LogP contribution < -0.4 is 30.6 Å². The number of aliphatic carboxylic acids is 1. The topological polar surface area (TPSA) is 182 Å². The van der Waals surface area contributed by atoms with Crippen molar-refractivity contribution in [1.82, 2.24) is 10.3 Å². The van der Waals surface area contributed by atoms with E-state index in [1.54, 1.807) is 36.5 Å². The first kappa shape index (κ1) is 37.2. The minimum atomic E-state index is -5.08. The van der Waals surface area contributed by atoms with Crippen LogP contribution in [0.1, 0.15) is 37.9 Å². The molecule has 16 heteroatoms. The van der Waals surface area contributed by atoms with Crippen LogP contribution in [0.5, 0.6) is 11.5 Å². The lowest BCUT2D eigenvalue weighted by atomic mass is 10.0. The van der Waals surface area contributed by atoms with Gasteiger partial charge in [0, 0.05) is 29.5 Å². The van der Waals surface area contributed by atoms with Crippen LogP contribution in [0.15, 0.2) is 72.9 Å². The predicted molar refractivity (Wildman–Crippen MR) is 176 cm³/mol. The Bertz CT molecular complexity index is 1850. The van der Waals surface area contributed by atoms with Crippen LogP contribution in [0.25, 0.3) is 10.8 Å². The number of aromatic nitrogens is 1. The SMILES string of the molecule is CCOc1cc(C(Nc2ccc3c(N)nccc3c2)C(=O)NCc2cccc(NS(C)(=O)=O)c2)ccc1OC(C)C.O=C(O)C(F)(F)F. The van der Waals surface area contributed by atoms with Crippen molar-refractivity contribution in [3.05, 3.63) is 84.1 Å². The van der Waals surface area contributed by atoms with Crippen molar-refractivity contribution in [2.24, 2.45) is 0 Å². The van der Waals surface area contributed by atoms with Gasteiger partial charge in [-0.1, -0.05) is 18.2 Å². The molecule has 0 radical (unpaired) electrons. The number of carboxylic acid groups (broad SMARTS) is 1. The fourth-order valence-electron chi connectivity index (χ4n) is 4.33. The lowest BCUT2D eigenvalue weighted by Crippen LogP contribution is -2.33. The number of carboxylic acids is 1. The molecule has 6 N–H and O–H groups in total. The van der Waals surface area contributed by atoms with Gasteiger partial charge in [0.05, 0.1) is 19.0 Å². The molecule has 0 saturated carbocycles. The predicted octanol–water partition coefficient (Wildman–Crippen LogP) is 5.48. The summed E-state index contributed by atoms with van der Waals surface area (Å²) >= 11 is 0. The number of carbonyl (C=O) groups is 2. The number of nitrogens with two attached hydrogens (primary N) is 1. The van der Waals surface area contributed by atoms with E-state index < -0.39 is 28.2 Å². The highest BCUT2D eigenvalue weighted by Crippen LogP contribution is 2.33. The maximum absolute atomic E-state index is 13.7. The van der Waals surface area contributed by atoms with Gasteiger partial charge in [0.15, 0.2) is 11.5 Å². The van der Waals surface area contributed by atoms with Gasteiger partial charge in [-0.15, -0.1) is 0 Å². The number of benzene rings is 3. The largest absolute Gasteiger partial charge is 0.490 e. The van der Waals surface area contributed by atoms with Crippen LogP contribution in [0.2, 0.25) is 0 Å². The highest BCUT2D eigenvalue weighted by molar-refractivity contribution is 7.92. The van der Waals surface area contributed by atoms with Crippen molar-refractivity contribution < 1.29 is 45.8 Å². The fourth-order valence-corrected chi connectivity index (χ4v) is 4.89. The number of halogens is 3. The number of carbonyl (C=O) groups excluding carboxylic acids is 1. The van der Waals surface area contributed by atoms with Gasteiger partial charge in [-0.3, -0.25) is 9.52 Å². The van der Waals surface area contributed by atoms with E-state index in [9.17, 15) is 26.4 Å². The van der Waals surface area contributed by atoms with Crippen LogP contribution in [0, 0.1) is 0 Å². The summed E-state index contributed by atoms with van der Waals surface area (Å²) in [4.78, 5) is 26.7. The number of ether oxygens (including phenoxy) is 2. The third kappa shape index (κ3) is 11.2. The molecule has 0 aliphatic heterocycles. The van der Waals surface area contributed by atoms with Gasteiger partial charge >= 0.3 is 12.1 Å². The zero-order valence-electron chi connectivity index (χ0n) is 26.5. The number of rotatable bonds is 12. The molecule has 0 aliphatic carbocycles. The van der Waals surface area contributed by atoms with Crippen LogP contribution >= 0.6 is 0 Å². The Morgan fingerprint density at radius 3 is 2.33 bits per heavy atom. The second-order valence-corrected chi connectivity index (χ2v) is 12.4. The molecule has 4 aromatic rings. The summed E-state index contributed by atoms with van der Waals surface area (Å²) in [5.74, 6) is -1.49. The first-order chi connectivity index (χ1) is 22.5. The lowest BCUT2D eigenvalue weighted by Gasteiger charge is -2.22. The Morgan fingerprint density at radius 2 is 1.71 bits per heavy atom. The fraction of sp³-hybridized carbons (Fsp3) is 0.281. The summed E-state index contributed by atoms with van der Waals surface area (Å²) in [5.41, 5.74) is 8.55. The summed E-state index contributed by atoms with van der Waals surface area (Å²) in [7, 11) is -3.43. The van der Waals surface area contributed by atoms with Crippen LogP contribution in [0.4, 0.5) is 30.4 Å². The molecule has 0 aliphatic rings. The molecule has 48 heavy (non-hydrogen) atoms. The number of fused-ring (bicyclic) bond motifs is 1. The molecule has 3 aromatic carbocycles. The molecule has 4 rings (SSSR count). The molecule has 1 unspecified atom stereocenters. The van der Waals surface area contributed by atoms with Gasteiger partial charge in [-0.25, -0.2) is 18.2 Å². The Labute approximate surface area is 275 Å². The summed E-state index contributed by atoms with van der Waals surface area (Å²) in [6.07, 6.45) is -2.41. The van der Waals surface area contributed by atoms with Crippen molar-refractivity contribution in [1.29, 1.82) is 0 Å². The zero-order valence-corrected chi connectivity index (χ0v) is 27.3. The van der Waals surface area contributed by atoms with Crippen molar-refractivity contribution in [2.75, 3.05) is 28.6 Å². The number of alkyl halides is 3. The average Bonchev–Trinajstić information content (AvgIpc) is 2.99. The van der Waals surface area contributed by atoms with Crippen LogP contribution in [0.3, 0.4) is 0 Å². The van der Waals surface area contributed by atoms with Gasteiger partial charge < -0.3 is 30.9 Å². The maximum atomic E-state index is 13.7. The van der Waals surface area contributed by atoms with E-state index in [-0.39, 0.29) is 18.6 Å². The first-order valence-corrected chi connectivity index (χ1v) is 16.3. The Kier molecular flexibility index (Phi) is 12.4. The molecule has 258 valence electrons. The number of nitrogens with one attached hydrogen (secondary N) is 3. The molecule has 0 saturated heterocycles. The van der Waals surface area contributed by atoms with Gasteiger partial charge in [-0.2, -0.15) is 13.2 Å². The van der Waals surface area contributed by atoms with Gasteiger partial charge in [0.1, 0.15) is 11.9 Å². The molecule has 1 aromatic heterocycles. The minimum absolute atomic E-state index is 0.0512. The van der Waals surface area contributed by atoms with Crippen LogP contribution in [-0.4, -0.2) is 55.5 Å². The monoisotopic (exact) mass is 691 g/mol. The number of anilines is 3. The number of nitrogens with zero attached hydrogens (tertiary/aromatic N) is 1. The minimum Gasteiger partial charge on any atom is -0.490 e. The molecular weight excluding hydrogens is 655 g/mol. The highest BCUT2D eigenvalue weighted by Gasteiger charge is 2.38. The molecule has 1 heterocycles. The van der Waals surface area contributed by atoms with E-state index in [0.717, 1.165) is 22.6 Å². The summed E-state index contributed by atoms with van der Waals surface area (Å²) in [6.45, 7) is 6.37. The molecule has 0 fully saturated rings. The number of pyridine rings is 1. The van der Waals surface area contributed by atoms with Gasteiger partial charge in [-0.05, 0) is 85.8 Å². The lowest BCUT2D eigenvalue weighted by molar-refractivity contribution is -0.192. The van der Waals surface area contributed by atoms with Crippen molar-refractivity contribution in [3.8, 4) is 11.5 Å². The average molecular weight is 692 g/mol. The third-order valence-corrected chi connectivity index (χ3v) is 6.88. The standard InChI is InChI=1S/C30H35N5O5S.C2HF3O2/c1-5-39-27-17-22(9-12-26(27)40-19(2)3)28(34-23-10-11-25-21(16-23)13-14-32-29(25)31)30(36)33-18-20-7-6-8-24(15-20)35-41(4,37)38;3-2(4,5)1(6)7/h6-17,19,28,34-35H,5,18H2,1-4H3,(H2,31,32)(H,33,36);(H,6,7). The zero-order chi connectivity index (χ0) is 35.6. The number of hydrogen-bond donors (Lipinski definition) is 5. The highest BCUT2D eigenvalue weighted by atomic mass is 32.2. The summed E-state index contributed by atoms with van der Waals surface area (Å²) in [5, 5.41) is 15.1. The molecule has 1 atom stereocenters. The molecule has 0 spiro atoms. The smallest absolute Gasteiger partial charge is 0.490 e. The summed E-state index contributed by atoms with van der Waals surface area (Å²) < 4.78 is 69.2. The van der Waals surface area contributed by atoms with Gasteiger partial charge in [0.25, 0.3) is 0 Å². The van der Waals surface area contributed by atoms with E-state index >= 15 is 0 Å². The van der Waals surface area contributed by atoms with Crippen molar-refractivity contribution in [3.63, 3.8) is 0 Å². The quantitative estimate of drug-likeness (QED) is 0.128. The van der Waals surface area contributed by atoms with E-state index in [1.165, 1.54) is 0 Å². The number of hydrogen-bond acceptors (Lipinski definition) is 9. The summed E-state index contributed by atoms with van der Waals surface area (Å²) in [6, 6.07) is 19.0. The normalized spacial score (nSPS) is 12.0. The first-order valence-electron chi connectivity index (χ1n) is 14.5.